The molecule has 0 aromatic carbocycles. The van der Waals surface area contributed by atoms with Gasteiger partial charge >= 0.3 is 0 Å². The van der Waals surface area contributed by atoms with Crippen molar-refractivity contribution in [3.8, 4) is 0 Å². The Balaban J connectivity index is 2.47. The first-order valence-corrected chi connectivity index (χ1v) is 5.03. The molecule has 1 rings (SSSR count). The van der Waals surface area contributed by atoms with Gasteiger partial charge in [0.2, 0.25) is 0 Å². The van der Waals surface area contributed by atoms with Gasteiger partial charge in [-0.2, -0.15) is 5.10 Å². The Morgan fingerprint density at radius 2 is 2.44 bits per heavy atom. The van der Waals surface area contributed by atoms with E-state index in [1.165, 1.54) is 12.3 Å². The summed E-state index contributed by atoms with van der Waals surface area (Å²) in [5.41, 5.74) is -0.568. The second-order valence-corrected chi connectivity index (χ2v) is 3.93. The maximum Gasteiger partial charge on any atom is 0.266 e. The van der Waals surface area contributed by atoms with E-state index in [0.29, 0.717) is 25.3 Å². The molecule has 0 radical (unpaired) electrons. The topological polar surface area (TPSA) is 87.2 Å². The maximum absolute atomic E-state index is 10.9. The van der Waals surface area contributed by atoms with Crippen LogP contribution in [0.4, 0.5) is 5.69 Å². The molecule has 0 spiro atoms. The van der Waals surface area contributed by atoms with Crippen molar-refractivity contribution in [1.82, 2.24) is 10.2 Å². The quantitative estimate of drug-likeness (QED) is 0.635. The summed E-state index contributed by atoms with van der Waals surface area (Å²) in [4.78, 5) is 10.9. The van der Waals surface area contributed by atoms with Gasteiger partial charge in [0, 0.05) is 32.7 Å². The Bertz CT molecular complexity index is 376. The number of ether oxygens (including phenoxy) is 1. The fourth-order valence-electron chi connectivity index (χ4n) is 1.18. The number of aromatic nitrogens is 2. The average Bonchev–Trinajstić information content (AvgIpc) is 2.24. The van der Waals surface area contributed by atoms with Crippen LogP contribution in [0.15, 0.2) is 17.1 Å². The molecule has 0 amide bonds. The third kappa shape index (κ3) is 4.41. The third-order valence-corrected chi connectivity index (χ3v) is 2.18. The predicted octanol–water partition coefficient (Wildman–Crippen LogP) is -0.0307. The van der Waals surface area contributed by atoms with Crippen molar-refractivity contribution in [3.05, 3.63) is 22.6 Å². The highest BCUT2D eigenvalue weighted by Gasteiger charge is 2.19. The fraction of sp³-hybridized carbons (Fsp3) is 0.600. The molecule has 1 heterocycles. The molecule has 0 aliphatic heterocycles. The fourth-order valence-corrected chi connectivity index (χ4v) is 1.18. The van der Waals surface area contributed by atoms with Gasteiger partial charge in [0.05, 0.1) is 17.5 Å². The third-order valence-electron chi connectivity index (χ3n) is 2.18. The van der Waals surface area contributed by atoms with Crippen LogP contribution in [-0.4, -0.2) is 41.2 Å². The van der Waals surface area contributed by atoms with Gasteiger partial charge in [0.1, 0.15) is 0 Å². The van der Waals surface area contributed by atoms with Crippen molar-refractivity contribution in [1.29, 1.82) is 0 Å². The van der Waals surface area contributed by atoms with Crippen LogP contribution in [0.5, 0.6) is 0 Å². The molecule has 16 heavy (non-hydrogen) atoms. The van der Waals surface area contributed by atoms with E-state index in [4.69, 9.17) is 4.74 Å². The SMILES string of the molecule is COCCC(C)(O)CNc1cn[nH]c(=O)c1. The van der Waals surface area contributed by atoms with Crippen LogP contribution in [0.25, 0.3) is 0 Å². The molecule has 1 atom stereocenters. The van der Waals surface area contributed by atoms with Crippen molar-refractivity contribution in [2.75, 3.05) is 25.6 Å². The van der Waals surface area contributed by atoms with E-state index in [2.05, 4.69) is 15.5 Å². The molecule has 1 aromatic rings. The summed E-state index contributed by atoms with van der Waals surface area (Å²) in [7, 11) is 1.59. The number of methoxy groups -OCH3 is 1. The van der Waals surface area contributed by atoms with Gasteiger partial charge in [0.25, 0.3) is 5.56 Å². The highest BCUT2D eigenvalue weighted by atomic mass is 16.5. The van der Waals surface area contributed by atoms with Gasteiger partial charge in [0.15, 0.2) is 0 Å². The highest BCUT2D eigenvalue weighted by Crippen LogP contribution is 2.10. The number of hydrogen-bond donors (Lipinski definition) is 3. The smallest absolute Gasteiger partial charge is 0.266 e. The van der Waals surface area contributed by atoms with Crippen LogP contribution in [0.3, 0.4) is 0 Å². The van der Waals surface area contributed by atoms with Crippen LogP contribution >= 0.6 is 0 Å². The Kier molecular flexibility index (Phi) is 4.45. The molecular weight excluding hydrogens is 210 g/mol. The average molecular weight is 227 g/mol. The van der Waals surface area contributed by atoms with Crippen LogP contribution in [-0.2, 0) is 4.74 Å². The second-order valence-electron chi connectivity index (χ2n) is 3.93. The molecule has 0 aliphatic rings. The molecule has 1 unspecified atom stereocenters. The summed E-state index contributed by atoms with van der Waals surface area (Å²) < 4.78 is 4.89. The Labute approximate surface area is 93.6 Å². The first-order chi connectivity index (χ1) is 7.53. The Morgan fingerprint density at radius 1 is 1.69 bits per heavy atom. The van der Waals surface area contributed by atoms with Crippen LogP contribution in [0, 0.1) is 0 Å². The molecule has 6 nitrogen and oxygen atoms in total. The van der Waals surface area contributed by atoms with Crippen LogP contribution in [0.1, 0.15) is 13.3 Å². The minimum Gasteiger partial charge on any atom is -0.388 e. The number of rotatable bonds is 6. The zero-order valence-electron chi connectivity index (χ0n) is 9.49. The van der Waals surface area contributed by atoms with E-state index in [-0.39, 0.29) is 5.56 Å². The first-order valence-electron chi connectivity index (χ1n) is 5.03. The summed E-state index contributed by atoms with van der Waals surface area (Å²) >= 11 is 0. The second kappa shape index (κ2) is 5.62. The number of anilines is 1. The lowest BCUT2D eigenvalue weighted by molar-refractivity contribution is 0.0357. The number of aromatic amines is 1. The lowest BCUT2D eigenvalue weighted by Gasteiger charge is -2.23. The zero-order valence-corrected chi connectivity index (χ0v) is 9.49. The number of hydrogen-bond acceptors (Lipinski definition) is 5. The Hall–Kier alpha value is -1.40. The van der Waals surface area contributed by atoms with Gasteiger partial charge in [-0.25, -0.2) is 5.10 Å². The van der Waals surface area contributed by atoms with Crippen molar-refractivity contribution < 1.29 is 9.84 Å². The molecule has 0 saturated heterocycles. The van der Waals surface area contributed by atoms with Gasteiger partial charge < -0.3 is 15.2 Å². The van der Waals surface area contributed by atoms with Crippen LogP contribution < -0.4 is 10.9 Å². The summed E-state index contributed by atoms with van der Waals surface area (Å²) in [6, 6.07) is 1.39. The van der Waals surface area contributed by atoms with E-state index in [1.54, 1.807) is 14.0 Å². The van der Waals surface area contributed by atoms with Crippen LogP contribution in [0.2, 0.25) is 0 Å². The predicted molar refractivity (Wildman–Crippen MR) is 60.5 cm³/mol. The largest absolute Gasteiger partial charge is 0.388 e. The minimum absolute atomic E-state index is 0.276. The molecule has 0 saturated carbocycles. The summed E-state index contributed by atoms with van der Waals surface area (Å²) in [5, 5.41) is 18.8. The Morgan fingerprint density at radius 3 is 3.06 bits per heavy atom. The standard InChI is InChI=1S/C10H17N3O3/c1-10(15,3-4-16-2)7-11-8-5-9(14)13-12-6-8/h5-6,15H,3-4,7H2,1-2H3,(H2,11,13,14). The van der Waals surface area contributed by atoms with Gasteiger partial charge in [-0.15, -0.1) is 0 Å². The first kappa shape index (κ1) is 12.7. The maximum atomic E-state index is 10.9. The number of aliphatic hydroxyl groups is 1. The van der Waals surface area contributed by atoms with Gasteiger partial charge in [-0.1, -0.05) is 0 Å². The summed E-state index contributed by atoms with van der Waals surface area (Å²) in [6.45, 7) is 2.53. The van der Waals surface area contributed by atoms with E-state index < -0.39 is 5.60 Å². The molecule has 90 valence electrons. The number of nitrogens with zero attached hydrogens (tertiary/aromatic N) is 1. The number of nitrogens with one attached hydrogen (secondary N) is 2. The normalized spacial score (nSPS) is 14.4. The van der Waals surface area contributed by atoms with Crippen molar-refractivity contribution in [2.24, 2.45) is 0 Å². The summed E-state index contributed by atoms with van der Waals surface area (Å²) in [6.07, 6.45) is 2.01. The highest BCUT2D eigenvalue weighted by molar-refractivity contribution is 5.38. The van der Waals surface area contributed by atoms with E-state index in [9.17, 15) is 9.90 Å². The molecule has 6 heteroatoms. The van der Waals surface area contributed by atoms with Gasteiger partial charge in [-0.3, -0.25) is 4.79 Å². The molecule has 1 aromatic heterocycles. The molecule has 0 fully saturated rings. The molecule has 0 aliphatic carbocycles. The molecule has 0 bridgehead atoms. The van der Waals surface area contributed by atoms with Gasteiger partial charge in [-0.05, 0) is 6.92 Å². The van der Waals surface area contributed by atoms with Crippen molar-refractivity contribution in [3.63, 3.8) is 0 Å². The van der Waals surface area contributed by atoms with E-state index in [1.807, 2.05) is 0 Å². The lowest BCUT2D eigenvalue weighted by atomic mass is 10.0. The van der Waals surface area contributed by atoms with Crippen molar-refractivity contribution in [2.45, 2.75) is 18.9 Å². The van der Waals surface area contributed by atoms with E-state index >= 15 is 0 Å². The minimum atomic E-state index is -0.876. The molecular formula is C10H17N3O3. The molecule has 3 N–H and O–H groups in total. The lowest BCUT2D eigenvalue weighted by Crippen LogP contribution is -2.34. The summed E-state index contributed by atoms with van der Waals surface area (Å²) in [5.74, 6) is 0. The van der Waals surface area contributed by atoms with E-state index in [0.717, 1.165) is 0 Å². The monoisotopic (exact) mass is 227 g/mol. The number of H-pyrrole nitrogens is 1. The zero-order chi connectivity index (χ0) is 12.0. The van der Waals surface area contributed by atoms with Crippen molar-refractivity contribution >= 4 is 5.69 Å².